The van der Waals surface area contributed by atoms with Crippen LogP contribution in [0.25, 0.3) is 0 Å². The van der Waals surface area contributed by atoms with Gasteiger partial charge in [-0.3, -0.25) is 77.6 Å². The molecule has 0 bridgehead atoms. The molecule has 30 nitrogen and oxygen atoms in total. The normalized spacial score (nSPS) is 24.2. The number of urea groups is 1. The number of piperidine rings is 1. The number of esters is 4. The summed E-state index contributed by atoms with van der Waals surface area (Å²) < 4.78 is 135. The zero-order valence-corrected chi connectivity index (χ0v) is 41.1. The highest BCUT2D eigenvalue weighted by Gasteiger charge is 2.47. The Hall–Kier alpha value is -11.2. The van der Waals surface area contributed by atoms with E-state index in [1.807, 2.05) is 0 Å². The molecular weight excluding hydrogens is 1100 g/mol. The number of primary amides is 2. The van der Waals surface area contributed by atoms with Crippen LogP contribution >= 0.6 is 0 Å². The molecule has 4 aromatic carbocycles. The van der Waals surface area contributed by atoms with E-state index in [2.05, 4.69) is 20.9 Å². The molecule has 432 valence electrons. The molecule has 2 saturated heterocycles. The minimum Gasteiger partial charge on any atom is -0.481 e. The fourth-order valence-corrected chi connectivity index (χ4v) is 7.02. The number of aliphatic carboxylic acids is 4. The van der Waals surface area contributed by atoms with Gasteiger partial charge in [0.2, 0.25) is 11.8 Å². The van der Waals surface area contributed by atoms with Crippen LogP contribution in [0.3, 0.4) is 0 Å². The lowest BCUT2D eigenvalue weighted by Crippen LogP contribution is -2.54. The highest BCUT2D eigenvalue weighted by molar-refractivity contribution is 6.25. The summed E-state index contributed by atoms with van der Waals surface area (Å²) in [7, 11) is 0. The SMILES string of the molecule is NC(N)=O.O=C1OC(=O)c2ccccc21.[2H]C([2H])(C(=O)O)C([2H])([2H])C(C(=O)O)N1C(=O)c2ccccc2C1=O.[2H]C([2H])(C(=O)O)C([2H])([2H])C([2H])(N)C(=O)O.[2H]C1([2H])C(=O)NC(=O)C(N2C(=O)c3ccccc3C2=O)C1([2H])[2H].[2H]C1([2H])C(=O)OC(=O)C(N2C(=O)c3ccccc3C2=O)C1([2H])[2H]. The van der Waals surface area contributed by atoms with E-state index in [1.54, 1.807) is 29.6 Å². The number of carboxylic acid groups (broad SMARTS) is 4. The van der Waals surface area contributed by atoms with Crippen molar-refractivity contribution in [3.63, 3.8) is 0 Å². The Bertz CT molecular complexity index is 3950. The number of carboxylic acids is 4. The number of hydrogen-bond donors (Lipinski definition) is 8. The number of ether oxygens (including phenoxy) is 2. The number of rotatable bonds is 11. The van der Waals surface area contributed by atoms with Gasteiger partial charge in [0.15, 0.2) is 0 Å². The molecule has 6 heterocycles. The lowest BCUT2D eigenvalue weighted by molar-refractivity contribution is -0.167. The molecule has 2 fully saturated rings. The number of fused-ring (bicyclic) bond motifs is 4. The molecule has 6 aliphatic rings. The van der Waals surface area contributed by atoms with Crippen LogP contribution in [-0.4, -0.2) is 160 Å². The molecule has 0 aliphatic carbocycles. The molecule has 10 amide bonds. The number of imide groups is 4. The third kappa shape index (κ3) is 15.1. The van der Waals surface area contributed by atoms with Gasteiger partial charge in [-0.15, -0.1) is 0 Å². The average molecular weight is 1170 g/mol. The van der Waals surface area contributed by atoms with Crippen molar-refractivity contribution in [1.29, 1.82) is 0 Å². The molecule has 6 aliphatic heterocycles. The number of hydrogen-bond acceptors (Lipinski definition) is 20. The molecule has 0 radical (unpaired) electrons. The van der Waals surface area contributed by atoms with Crippen LogP contribution in [0.2, 0.25) is 0 Å². The van der Waals surface area contributed by atoms with E-state index in [0.717, 1.165) is 0 Å². The minimum absolute atomic E-state index is 0.00133. The van der Waals surface area contributed by atoms with E-state index in [9.17, 15) is 81.8 Å². The largest absolute Gasteiger partial charge is 0.481 e. The van der Waals surface area contributed by atoms with Crippen molar-refractivity contribution in [2.75, 3.05) is 0 Å². The second-order valence-electron chi connectivity index (χ2n) is 15.7. The Morgan fingerprint density at radius 3 is 1.27 bits per heavy atom. The predicted octanol–water partition coefficient (Wildman–Crippen LogP) is 0.487. The van der Waals surface area contributed by atoms with E-state index in [0.29, 0.717) is 20.9 Å². The van der Waals surface area contributed by atoms with E-state index >= 15 is 0 Å². The van der Waals surface area contributed by atoms with Gasteiger partial charge in [-0.2, -0.15) is 0 Å². The number of benzene rings is 4. The summed E-state index contributed by atoms with van der Waals surface area (Å²) in [4.78, 5) is 196. The highest BCUT2D eigenvalue weighted by Crippen LogP contribution is 2.30. The van der Waals surface area contributed by atoms with Crippen molar-refractivity contribution >= 4 is 101 Å². The van der Waals surface area contributed by atoms with Crippen LogP contribution < -0.4 is 22.5 Å². The Labute approximate surface area is 489 Å². The summed E-state index contributed by atoms with van der Waals surface area (Å²) in [5.41, 5.74) is 13.6. The fraction of sp³-hybridized carbons (Fsp3) is 0.226. The molecule has 83 heavy (non-hydrogen) atoms. The number of cyclic esters (lactones) is 4. The minimum atomic E-state index is -3.66. The molecule has 10 rings (SSSR count). The van der Waals surface area contributed by atoms with Gasteiger partial charge >= 0.3 is 53.8 Å². The van der Waals surface area contributed by atoms with Gasteiger partial charge in [0.1, 0.15) is 24.1 Å². The van der Waals surface area contributed by atoms with Gasteiger partial charge in [0.25, 0.3) is 35.4 Å². The van der Waals surface area contributed by atoms with Crippen LogP contribution in [0.4, 0.5) is 4.79 Å². The average Bonchev–Trinajstić information content (AvgIpc) is 1.41. The van der Waals surface area contributed by atoms with Crippen LogP contribution in [0.15, 0.2) is 97.1 Å². The Morgan fingerprint density at radius 1 is 0.542 bits per heavy atom. The molecule has 4 unspecified atom stereocenters. The maximum Gasteiger partial charge on any atom is 0.346 e. The van der Waals surface area contributed by atoms with E-state index in [4.69, 9.17) is 49.2 Å². The first kappa shape index (κ1) is 41.8. The van der Waals surface area contributed by atoms with Gasteiger partial charge < -0.3 is 47.1 Å². The molecule has 30 heteroatoms. The van der Waals surface area contributed by atoms with E-state index in [1.165, 1.54) is 72.8 Å². The van der Waals surface area contributed by atoms with E-state index in [-0.39, 0.29) is 38.3 Å². The highest BCUT2D eigenvalue weighted by atomic mass is 16.6. The van der Waals surface area contributed by atoms with E-state index < -0.39 is 176 Å². The fourth-order valence-electron chi connectivity index (χ4n) is 7.02. The third-order valence-corrected chi connectivity index (χ3v) is 10.4. The standard InChI is InChI=1S/C13H10N2O4.C13H11NO6.C13H9NO5.C8H4O3.C5H9NO4.CH4N2O/c16-10-6-5-9(11(17)14-10)15-12(18)7-3-1-2-4-8(7)13(15)19;15-10(16)6-5-9(13(19)20)14-11(17)7-3-1-2-4-8(7)12(14)18;15-10-6-5-9(13(18)19-10)14-11(16)7-3-1-2-4-8(7)12(14)17;9-7-5-3-1-2-4-6(5)8(10)11-7;6-3(5(9)10)1-2-4(7)8;2-1(3)4/h1-4,9H,5-6H2,(H,14,16,17);1-4,9H,5-6H2,(H,15,16)(H,19,20);1-4,9H,5-6H2;1-4H;3H,1-2,6H2,(H,7,8)(H,9,10);(H4,2,3,4)/i3*5D2,6D2;;1D2,2D2,3D;. The predicted molar refractivity (Wildman–Crippen MR) is 272 cm³/mol. The molecular formula is C53H47N7O23. The van der Waals surface area contributed by atoms with Crippen molar-refractivity contribution in [1.82, 2.24) is 20.0 Å². The maximum atomic E-state index is 12.4. The maximum absolute atomic E-state index is 12.4. The molecule has 0 saturated carbocycles. The van der Waals surface area contributed by atoms with Gasteiger partial charge in [-0.1, -0.05) is 48.5 Å². The number of nitrogens with one attached hydrogen (secondary N) is 1. The Morgan fingerprint density at radius 2 is 0.892 bits per heavy atom. The lowest BCUT2D eigenvalue weighted by atomic mass is 10.0. The Balaban J connectivity index is 0.000000227. The summed E-state index contributed by atoms with van der Waals surface area (Å²) in [6, 6.07) is 12.0. The van der Waals surface area contributed by atoms with Gasteiger partial charge in [-0.25, -0.2) is 24.0 Å². The number of amides is 10. The van der Waals surface area contributed by atoms with Crippen molar-refractivity contribution in [3.8, 4) is 0 Å². The first-order valence-electron chi connectivity index (χ1n) is 30.7. The number of carbonyl (C=O) groups is 17. The summed E-state index contributed by atoms with van der Waals surface area (Å²) in [5, 5.41) is 36.6. The van der Waals surface area contributed by atoms with Gasteiger partial charge in [-0.05, 0) is 74.0 Å². The monoisotopic (exact) mass is 1170 g/mol. The smallest absolute Gasteiger partial charge is 0.346 e. The lowest BCUT2D eigenvalue weighted by Gasteiger charge is -2.27. The van der Waals surface area contributed by atoms with Crippen LogP contribution in [0, 0.1) is 0 Å². The van der Waals surface area contributed by atoms with Crippen molar-refractivity contribution in [2.24, 2.45) is 17.2 Å². The molecule has 4 atom stereocenters. The van der Waals surface area contributed by atoms with Crippen molar-refractivity contribution in [2.45, 2.75) is 75.1 Å². The quantitative estimate of drug-likeness (QED) is 0.0575. The van der Waals surface area contributed by atoms with Crippen LogP contribution in [0.5, 0.6) is 0 Å². The number of carbonyl (C=O) groups excluding carboxylic acids is 13. The summed E-state index contributed by atoms with van der Waals surface area (Å²) in [6.07, 6.45) is -26.9. The number of nitrogens with zero attached hydrogens (tertiary/aromatic N) is 3. The first-order valence-corrected chi connectivity index (χ1v) is 22.2. The second-order valence-corrected chi connectivity index (χ2v) is 15.7. The van der Waals surface area contributed by atoms with Gasteiger partial charge in [0, 0.05) is 47.4 Å². The first-order chi connectivity index (χ1) is 45.6. The zero-order valence-electron chi connectivity index (χ0n) is 58.1. The molecule has 11 N–H and O–H groups in total. The Kier molecular flexibility index (Phi) is 13.9. The van der Waals surface area contributed by atoms with Crippen molar-refractivity contribution in [3.05, 3.63) is 142 Å². The summed E-state index contributed by atoms with van der Waals surface area (Å²) >= 11 is 0. The van der Waals surface area contributed by atoms with Crippen molar-refractivity contribution < 1.29 is 135 Å². The third-order valence-electron chi connectivity index (χ3n) is 10.4. The summed E-state index contributed by atoms with van der Waals surface area (Å²) in [5.74, 6) is -21.6. The molecule has 4 aromatic rings. The van der Waals surface area contributed by atoms with Crippen LogP contribution in [0.1, 0.15) is 157 Å². The topological polar surface area (TPSA) is 489 Å². The second kappa shape index (κ2) is 27.6. The molecule has 0 spiro atoms. The molecule has 0 aromatic heterocycles. The van der Waals surface area contributed by atoms with Crippen LogP contribution in [-0.2, 0) is 47.8 Å². The number of nitrogens with two attached hydrogens (primary N) is 3. The zero-order chi connectivity index (χ0) is 76.8. The summed E-state index contributed by atoms with van der Waals surface area (Å²) in [6.45, 7) is 0. The van der Waals surface area contributed by atoms with Gasteiger partial charge in [0.05, 0.1) is 45.9 Å².